The molecule has 28 heavy (non-hydrogen) atoms. The quantitative estimate of drug-likeness (QED) is 0.469. The Labute approximate surface area is 171 Å². The normalized spacial score (nSPS) is 30.9. The van der Waals surface area contributed by atoms with E-state index in [-0.39, 0.29) is 23.4 Å². The number of carboxylic acid groups (broad SMARTS) is 1. The van der Waals surface area contributed by atoms with Crippen LogP contribution in [0.4, 0.5) is 0 Å². The van der Waals surface area contributed by atoms with Crippen LogP contribution < -0.4 is 0 Å². The van der Waals surface area contributed by atoms with Gasteiger partial charge in [-0.25, -0.2) is 9.59 Å². The van der Waals surface area contributed by atoms with Crippen LogP contribution in [0.2, 0.25) is 0 Å². The number of carbonyl (C=O) groups excluding carboxylic acids is 1. The molecule has 2 aliphatic rings. The fourth-order valence-corrected chi connectivity index (χ4v) is 5.35. The minimum atomic E-state index is -0.833. The summed E-state index contributed by atoms with van der Waals surface area (Å²) in [6, 6.07) is 0. The van der Waals surface area contributed by atoms with E-state index in [4.69, 9.17) is 9.84 Å². The molecule has 1 N–H and O–H groups in total. The van der Waals surface area contributed by atoms with Gasteiger partial charge in [0.25, 0.3) is 0 Å². The van der Waals surface area contributed by atoms with Gasteiger partial charge in [0.2, 0.25) is 0 Å². The maximum atomic E-state index is 11.1. The Morgan fingerprint density at radius 3 is 1.89 bits per heavy atom. The van der Waals surface area contributed by atoms with Crippen molar-refractivity contribution in [3.8, 4) is 0 Å². The summed E-state index contributed by atoms with van der Waals surface area (Å²) in [5.41, 5.74) is 0.953. The lowest BCUT2D eigenvalue weighted by Gasteiger charge is -2.39. The predicted octanol–water partition coefficient (Wildman–Crippen LogP) is 6.02. The van der Waals surface area contributed by atoms with E-state index in [9.17, 15) is 9.59 Å². The van der Waals surface area contributed by atoms with Crippen molar-refractivity contribution in [3.63, 3.8) is 0 Å². The van der Waals surface area contributed by atoms with Gasteiger partial charge in [-0.15, -0.1) is 0 Å². The Morgan fingerprint density at radius 1 is 0.964 bits per heavy atom. The second-order valence-corrected chi connectivity index (χ2v) is 10.6. The molecule has 2 aliphatic carbocycles. The average Bonchev–Trinajstić information content (AvgIpc) is 2.50. The summed E-state index contributed by atoms with van der Waals surface area (Å²) < 4.78 is 5.29. The molecule has 160 valence electrons. The van der Waals surface area contributed by atoms with Crippen molar-refractivity contribution in [1.82, 2.24) is 0 Å². The van der Waals surface area contributed by atoms with E-state index in [1.807, 2.05) is 0 Å². The van der Waals surface area contributed by atoms with E-state index in [0.29, 0.717) is 22.8 Å². The number of ether oxygens (including phenoxy) is 1. The second kappa shape index (κ2) is 9.76. The van der Waals surface area contributed by atoms with Crippen molar-refractivity contribution in [2.75, 3.05) is 0 Å². The highest BCUT2D eigenvalue weighted by Crippen LogP contribution is 2.44. The van der Waals surface area contributed by atoms with Gasteiger partial charge in [-0.2, -0.15) is 0 Å². The Kier molecular flexibility index (Phi) is 8.52. The molecule has 0 amide bonds. The Bertz CT molecular complexity index is 585. The first-order valence-electron chi connectivity index (χ1n) is 10.5. The maximum Gasteiger partial charge on any atom is 0.331 e. The number of hydrogen-bond donors (Lipinski definition) is 1. The number of hydrogen-bond acceptors (Lipinski definition) is 3. The molecule has 0 aromatic rings. The van der Waals surface area contributed by atoms with Gasteiger partial charge in [-0.05, 0) is 67.1 Å². The molecule has 2 fully saturated rings. The summed E-state index contributed by atoms with van der Waals surface area (Å²) in [5, 5.41) is 8.89. The molecule has 0 saturated heterocycles. The molecule has 4 unspecified atom stereocenters. The first-order valence-corrected chi connectivity index (χ1v) is 10.5. The van der Waals surface area contributed by atoms with Crippen LogP contribution in [0.25, 0.3) is 0 Å². The van der Waals surface area contributed by atoms with Crippen molar-refractivity contribution in [3.05, 3.63) is 24.8 Å². The molecule has 2 rings (SSSR count). The van der Waals surface area contributed by atoms with Crippen LogP contribution in [0.1, 0.15) is 80.1 Å². The SMILES string of the molecule is C=C(C(=O)O)C1CC(C)CC(C)(C)C1.C=CC(=O)OC1CC(C)CC(C)(C)C1. The molecule has 0 radical (unpaired) electrons. The van der Waals surface area contributed by atoms with Crippen LogP contribution in [-0.4, -0.2) is 23.1 Å². The van der Waals surface area contributed by atoms with Crippen molar-refractivity contribution in [2.45, 2.75) is 86.2 Å². The lowest BCUT2D eigenvalue weighted by molar-refractivity contribution is -0.147. The number of esters is 1. The molecule has 0 spiro atoms. The highest BCUT2D eigenvalue weighted by molar-refractivity contribution is 5.86. The van der Waals surface area contributed by atoms with Crippen LogP contribution in [0.15, 0.2) is 24.8 Å². The van der Waals surface area contributed by atoms with Crippen LogP contribution >= 0.6 is 0 Å². The molecule has 0 heterocycles. The molecule has 0 aromatic carbocycles. The van der Waals surface area contributed by atoms with Gasteiger partial charge in [0.05, 0.1) is 0 Å². The zero-order chi connectivity index (χ0) is 21.7. The molecule has 4 atom stereocenters. The zero-order valence-corrected chi connectivity index (χ0v) is 18.7. The number of rotatable bonds is 4. The minimum Gasteiger partial charge on any atom is -0.478 e. The van der Waals surface area contributed by atoms with Gasteiger partial charge < -0.3 is 9.84 Å². The second-order valence-electron chi connectivity index (χ2n) is 10.6. The molecule has 0 bridgehead atoms. The fraction of sp³-hybridized carbons (Fsp3) is 0.750. The summed E-state index contributed by atoms with van der Waals surface area (Å²) in [6.45, 7) is 20.4. The molecular formula is C24H40O4. The Balaban J connectivity index is 0.000000280. The summed E-state index contributed by atoms with van der Waals surface area (Å²) in [6.07, 6.45) is 7.63. The summed E-state index contributed by atoms with van der Waals surface area (Å²) in [4.78, 5) is 21.9. The fourth-order valence-electron chi connectivity index (χ4n) is 5.35. The van der Waals surface area contributed by atoms with Crippen LogP contribution in [0, 0.1) is 28.6 Å². The van der Waals surface area contributed by atoms with Crippen LogP contribution in [0.5, 0.6) is 0 Å². The summed E-state index contributed by atoms with van der Waals surface area (Å²) in [5.74, 6) is 0.298. The van der Waals surface area contributed by atoms with E-state index in [0.717, 1.165) is 25.7 Å². The van der Waals surface area contributed by atoms with E-state index < -0.39 is 5.97 Å². The number of carboxylic acids is 1. The maximum absolute atomic E-state index is 11.1. The first kappa shape index (κ1) is 24.5. The van der Waals surface area contributed by atoms with Gasteiger partial charge >= 0.3 is 11.9 Å². The predicted molar refractivity (Wildman–Crippen MR) is 114 cm³/mol. The van der Waals surface area contributed by atoms with Crippen molar-refractivity contribution in [1.29, 1.82) is 0 Å². The molecule has 0 aromatic heterocycles. The van der Waals surface area contributed by atoms with Gasteiger partial charge in [-0.1, -0.05) is 54.7 Å². The third-order valence-electron chi connectivity index (χ3n) is 5.95. The number of aliphatic carboxylic acids is 1. The van der Waals surface area contributed by atoms with Crippen molar-refractivity contribution >= 4 is 11.9 Å². The smallest absolute Gasteiger partial charge is 0.331 e. The number of carbonyl (C=O) groups is 2. The minimum absolute atomic E-state index is 0.0826. The van der Waals surface area contributed by atoms with E-state index in [2.05, 4.69) is 54.7 Å². The topological polar surface area (TPSA) is 63.6 Å². The van der Waals surface area contributed by atoms with Crippen LogP contribution in [-0.2, 0) is 14.3 Å². The first-order chi connectivity index (χ1) is 12.7. The van der Waals surface area contributed by atoms with Gasteiger partial charge in [0.1, 0.15) is 6.10 Å². The third kappa shape index (κ3) is 8.20. The summed E-state index contributed by atoms with van der Waals surface area (Å²) >= 11 is 0. The molecule has 2 saturated carbocycles. The zero-order valence-electron chi connectivity index (χ0n) is 18.7. The van der Waals surface area contributed by atoms with Crippen molar-refractivity contribution in [2.24, 2.45) is 28.6 Å². The average molecular weight is 393 g/mol. The highest BCUT2D eigenvalue weighted by atomic mass is 16.5. The highest BCUT2D eigenvalue weighted by Gasteiger charge is 2.35. The molecule has 0 aliphatic heterocycles. The van der Waals surface area contributed by atoms with Gasteiger partial charge in [-0.3, -0.25) is 0 Å². The molecule has 4 nitrogen and oxygen atoms in total. The Hall–Kier alpha value is -1.58. The standard InChI is InChI=1S/2C12H20O2/c1-8-5-10(9(2)11(13)14)7-12(3,4)6-8;1-5-11(13)14-10-6-9(2)7-12(3,4)8-10/h8,10H,2,5-7H2,1,3-4H3,(H,13,14);5,9-10H,1,6-8H2,2-4H3. The van der Waals surface area contributed by atoms with Gasteiger partial charge in [0.15, 0.2) is 0 Å². The van der Waals surface area contributed by atoms with E-state index in [1.54, 1.807) is 0 Å². The lowest BCUT2D eigenvalue weighted by Crippen LogP contribution is -2.33. The van der Waals surface area contributed by atoms with E-state index in [1.165, 1.54) is 18.9 Å². The lowest BCUT2D eigenvalue weighted by atomic mass is 9.66. The van der Waals surface area contributed by atoms with Crippen molar-refractivity contribution < 1.29 is 19.4 Å². The molecular weight excluding hydrogens is 352 g/mol. The largest absolute Gasteiger partial charge is 0.478 e. The van der Waals surface area contributed by atoms with Crippen LogP contribution in [0.3, 0.4) is 0 Å². The molecule has 4 heteroatoms. The summed E-state index contributed by atoms with van der Waals surface area (Å²) in [7, 11) is 0. The third-order valence-corrected chi connectivity index (χ3v) is 5.95. The monoisotopic (exact) mass is 392 g/mol. The Morgan fingerprint density at radius 2 is 1.46 bits per heavy atom. The van der Waals surface area contributed by atoms with Gasteiger partial charge in [0, 0.05) is 11.6 Å². The van der Waals surface area contributed by atoms with E-state index >= 15 is 0 Å².